The zero-order valence-corrected chi connectivity index (χ0v) is 10.3. The van der Waals surface area contributed by atoms with Crippen LogP contribution < -0.4 is 4.74 Å². The summed E-state index contributed by atoms with van der Waals surface area (Å²) >= 11 is 1.67. The van der Waals surface area contributed by atoms with Gasteiger partial charge in [-0.1, -0.05) is 6.92 Å². The van der Waals surface area contributed by atoms with Crippen LogP contribution in [0.1, 0.15) is 20.3 Å². The Morgan fingerprint density at radius 3 is 2.40 bits per heavy atom. The molecular formula is C12H18O2S. The molecule has 1 atom stereocenters. The fraction of sp³-hybridized carbons (Fsp3) is 0.500. The Kier molecular flexibility index (Phi) is 4.48. The predicted molar refractivity (Wildman–Crippen MR) is 64.6 cm³/mol. The largest absolute Gasteiger partial charge is 0.497 e. The summed E-state index contributed by atoms with van der Waals surface area (Å²) in [6.07, 6.45) is 0.774. The summed E-state index contributed by atoms with van der Waals surface area (Å²) in [7, 11) is 1.66. The minimum atomic E-state index is -0.579. The van der Waals surface area contributed by atoms with Crippen molar-refractivity contribution in [3.63, 3.8) is 0 Å². The first-order chi connectivity index (χ1) is 7.07. The van der Waals surface area contributed by atoms with E-state index in [1.165, 1.54) is 0 Å². The van der Waals surface area contributed by atoms with Gasteiger partial charge in [0.2, 0.25) is 0 Å². The van der Waals surface area contributed by atoms with Gasteiger partial charge in [0, 0.05) is 10.6 Å². The molecule has 1 aromatic rings. The molecule has 0 radical (unpaired) electrons. The average Bonchev–Trinajstić information content (AvgIpc) is 2.27. The molecule has 0 aliphatic rings. The second kappa shape index (κ2) is 5.42. The molecule has 0 bridgehead atoms. The van der Waals surface area contributed by atoms with Crippen molar-refractivity contribution < 1.29 is 9.84 Å². The fourth-order valence-electron chi connectivity index (χ4n) is 1.01. The second-order valence-electron chi connectivity index (χ2n) is 3.81. The van der Waals surface area contributed by atoms with E-state index >= 15 is 0 Å². The van der Waals surface area contributed by atoms with Crippen molar-refractivity contribution in [2.24, 2.45) is 0 Å². The van der Waals surface area contributed by atoms with Crippen molar-refractivity contribution in [2.75, 3.05) is 12.9 Å². The highest BCUT2D eigenvalue weighted by Crippen LogP contribution is 2.25. The maximum absolute atomic E-state index is 9.84. The maximum atomic E-state index is 9.84. The summed E-state index contributed by atoms with van der Waals surface area (Å²) < 4.78 is 5.08. The molecular weight excluding hydrogens is 208 g/mol. The minimum Gasteiger partial charge on any atom is -0.497 e. The van der Waals surface area contributed by atoms with Gasteiger partial charge in [-0.15, -0.1) is 11.8 Å². The van der Waals surface area contributed by atoms with E-state index in [4.69, 9.17) is 4.74 Å². The predicted octanol–water partition coefficient (Wildman–Crippen LogP) is 2.95. The van der Waals surface area contributed by atoms with Crippen LogP contribution >= 0.6 is 11.8 Å². The van der Waals surface area contributed by atoms with E-state index in [-0.39, 0.29) is 0 Å². The zero-order chi connectivity index (χ0) is 11.3. The van der Waals surface area contributed by atoms with Crippen LogP contribution in [0.3, 0.4) is 0 Å². The van der Waals surface area contributed by atoms with Crippen LogP contribution in [0.15, 0.2) is 29.2 Å². The van der Waals surface area contributed by atoms with Crippen molar-refractivity contribution in [1.29, 1.82) is 0 Å². The Morgan fingerprint density at radius 2 is 1.93 bits per heavy atom. The minimum absolute atomic E-state index is 0.579. The van der Waals surface area contributed by atoms with Crippen molar-refractivity contribution >= 4 is 11.8 Å². The molecule has 2 nitrogen and oxygen atoms in total. The lowest BCUT2D eigenvalue weighted by molar-refractivity contribution is 0.0816. The fourth-order valence-corrected chi connectivity index (χ4v) is 2.02. The van der Waals surface area contributed by atoms with E-state index in [0.717, 1.165) is 22.8 Å². The average molecular weight is 226 g/mol. The van der Waals surface area contributed by atoms with Crippen LogP contribution in [0.25, 0.3) is 0 Å². The van der Waals surface area contributed by atoms with Gasteiger partial charge in [0.15, 0.2) is 0 Å². The number of hydrogen-bond acceptors (Lipinski definition) is 3. The van der Waals surface area contributed by atoms with Gasteiger partial charge in [0.05, 0.1) is 12.7 Å². The second-order valence-corrected chi connectivity index (χ2v) is 4.86. The Morgan fingerprint density at radius 1 is 1.33 bits per heavy atom. The van der Waals surface area contributed by atoms with Crippen molar-refractivity contribution in [1.82, 2.24) is 0 Å². The molecule has 3 heteroatoms. The summed E-state index contributed by atoms with van der Waals surface area (Å²) in [6.45, 7) is 3.86. The zero-order valence-electron chi connectivity index (χ0n) is 9.49. The number of aliphatic hydroxyl groups is 1. The first kappa shape index (κ1) is 12.4. The number of ether oxygens (including phenoxy) is 1. The van der Waals surface area contributed by atoms with E-state index in [1.807, 2.05) is 38.1 Å². The first-order valence-corrected chi connectivity index (χ1v) is 6.05. The van der Waals surface area contributed by atoms with Crippen LogP contribution in [-0.2, 0) is 0 Å². The number of thioether (sulfide) groups is 1. The van der Waals surface area contributed by atoms with Gasteiger partial charge in [-0.05, 0) is 37.6 Å². The number of hydrogen-bond donors (Lipinski definition) is 1. The molecule has 0 saturated carbocycles. The van der Waals surface area contributed by atoms with Crippen LogP contribution in [0.4, 0.5) is 0 Å². The van der Waals surface area contributed by atoms with Crippen LogP contribution in [-0.4, -0.2) is 23.6 Å². The van der Waals surface area contributed by atoms with E-state index in [2.05, 4.69) is 0 Å². The van der Waals surface area contributed by atoms with Gasteiger partial charge in [-0.2, -0.15) is 0 Å². The quantitative estimate of drug-likeness (QED) is 0.783. The topological polar surface area (TPSA) is 29.5 Å². The van der Waals surface area contributed by atoms with Crippen molar-refractivity contribution in [2.45, 2.75) is 30.8 Å². The van der Waals surface area contributed by atoms with E-state index in [9.17, 15) is 5.11 Å². The van der Waals surface area contributed by atoms with Crippen LogP contribution in [0.5, 0.6) is 5.75 Å². The highest BCUT2D eigenvalue weighted by Gasteiger charge is 2.17. The molecule has 1 rings (SSSR count). The van der Waals surface area contributed by atoms with Gasteiger partial charge in [-0.3, -0.25) is 0 Å². The third-order valence-electron chi connectivity index (χ3n) is 2.37. The summed E-state index contributed by atoms with van der Waals surface area (Å²) in [5, 5.41) is 9.84. The lowest BCUT2D eigenvalue weighted by Crippen LogP contribution is -2.25. The highest BCUT2D eigenvalue weighted by molar-refractivity contribution is 7.99. The molecule has 0 spiro atoms. The number of benzene rings is 1. The molecule has 0 aromatic heterocycles. The molecule has 1 N–H and O–H groups in total. The summed E-state index contributed by atoms with van der Waals surface area (Å²) in [4.78, 5) is 1.16. The van der Waals surface area contributed by atoms with Gasteiger partial charge in [-0.25, -0.2) is 0 Å². The summed E-state index contributed by atoms with van der Waals surface area (Å²) in [5.74, 6) is 1.58. The molecule has 0 amide bonds. The van der Waals surface area contributed by atoms with Gasteiger partial charge in [0.1, 0.15) is 5.75 Å². The van der Waals surface area contributed by atoms with E-state index < -0.39 is 5.60 Å². The molecule has 0 aliphatic heterocycles. The Labute approximate surface area is 95.7 Å². The van der Waals surface area contributed by atoms with Crippen LogP contribution in [0.2, 0.25) is 0 Å². The standard InChI is InChI=1S/C12H18O2S/c1-4-12(2,13)9-15-11-7-5-10(14-3)6-8-11/h5-8,13H,4,9H2,1-3H3. The molecule has 1 aromatic carbocycles. The number of methoxy groups -OCH3 is 1. The third-order valence-corrected chi connectivity index (χ3v) is 3.74. The third kappa shape index (κ3) is 4.14. The highest BCUT2D eigenvalue weighted by atomic mass is 32.2. The van der Waals surface area contributed by atoms with Gasteiger partial charge < -0.3 is 9.84 Å². The van der Waals surface area contributed by atoms with E-state index in [0.29, 0.717) is 0 Å². The lowest BCUT2D eigenvalue weighted by Gasteiger charge is -2.20. The molecule has 15 heavy (non-hydrogen) atoms. The SMILES string of the molecule is CCC(C)(O)CSc1ccc(OC)cc1. The molecule has 0 heterocycles. The molecule has 0 fully saturated rings. The van der Waals surface area contributed by atoms with E-state index in [1.54, 1.807) is 18.9 Å². The monoisotopic (exact) mass is 226 g/mol. The smallest absolute Gasteiger partial charge is 0.118 e. The van der Waals surface area contributed by atoms with Crippen LogP contribution in [0, 0.1) is 0 Å². The lowest BCUT2D eigenvalue weighted by atomic mass is 10.1. The Bertz CT molecular complexity index is 293. The summed E-state index contributed by atoms with van der Waals surface area (Å²) in [5.41, 5.74) is -0.579. The summed E-state index contributed by atoms with van der Waals surface area (Å²) in [6, 6.07) is 7.89. The maximum Gasteiger partial charge on any atom is 0.118 e. The molecule has 84 valence electrons. The van der Waals surface area contributed by atoms with Crippen molar-refractivity contribution in [3.8, 4) is 5.75 Å². The van der Waals surface area contributed by atoms with Gasteiger partial charge in [0.25, 0.3) is 0 Å². The normalized spacial score (nSPS) is 14.7. The van der Waals surface area contributed by atoms with Crippen molar-refractivity contribution in [3.05, 3.63) is 24.3 Å². The Balaban J connectivity index is 2.51. The first-order valence-electron chi connectivity index (χ1n) is 5.06. The number of rotatable bonds is 5. The molecule has 1 unspecified atom stereocenters. The van der Waals surface area contributed by atoms with Gasteiger partial charge >= 0.3 is 0 Å². The molecule has 0 aliphatic carbocycles. The molecule has 0 saturated heterocycles. The Hall–Kier alpha value is -0.670.